The van der Waals surface area contributed by atoms with Crippen molar-refractivity contribution in [3.05, 3.63) is 40.7 Å². The van der Waals surface area contributed by atoms with E-state index in [1.54, 1.807) is 0 Å². The number of fused-ring (bicyclic) bond motifs is 1. The first kappa shape index (κ1) is 8.36. The fraction of sp³-hybridized carbons (Fsp3) is 0.333. The summed E-state index contributed by atoms with van der Waals surface area (Å²) in [5.41, 5.74) is 6.81. The monoisotopic (exact) mass is 173 g/mol. The Kier molecular flexibility index (Phi) is 1.69. The first-order chi connectivity index (χ1) is 6.11. The van der Waals surface area contributed by atoms with Crippen molar-refractivity contribution >= 4 is 5.52 Å². The molecule has 0 spiro atoms. The van der Waals surface area contributed by atoms with E-state index in [1.807, 2.05) is 0 Å². The van der Waals surface area contributed by atoms with Crippen LogP contribution in [0.3, 0.4) is 0 Å². The van der Waals surface area contributed by atoms with Crippen LogP contribution in [0.15, 0.2) is 18.3 Å². The van der Waals surface area contributed by atoms with Gasteiger partial charge in [0, 0.05) is 11.9 Å². The quantitative estimate of drug-likeness (QED) is 0.576. The second-order valence-corrected chi connectivity index (χ2v) is 3.81. The molecule has 0 atom stereocenters. The molecule has 0 aliphatic rings. The number of aromatic nitrogens is 1. The zero-order valence-corrected chi connectivity index (χ0v) is 8.68. The Morgan fingerprint density at radius 2 is 1.62 bits per heavy atom. The minimum Gasteiger partial charge on any atom is -0.320 e. The molecule has 0 amide bonds. The molecule has 0 aliphatic heterocycles. The lowest BCUT2D eigenvalue weighted by molar-refractivity contribution is 1.08. The third-order valence-corrected chi connectivity index (χ3v) is 2.84. The number of nitrogens with zero attached hydrogens (tertiary/aromatic N) is 1. The van der Waals surface area contributed by atoms with E-state index < -0.39 is 0 Å². The van der Waals surface area contributed by atoms with Gasteiger partial charge in [-0.05, 0) is 50.5 Å². The molecule has 0 aliphatic carbocycles. The van der Waals surface area contributed by atoms with Gasteiger partial charge in [-0.2, -0.15) is 0 Å². The molecule has 0 saturated heterocycles. The molecular weight excluding hydrogens is 158 g/mol. The predicted octanol–water partition coefficient (Wildman–Crippen LogP) is 3.17. The van der Waals surface area contributed by atoms with E-state index >= 15 is 0 Å². The highest BCUT2D eigenvalue weighted by atomic mass is 14.9. The van der Waals surface area contributed by atoms with Gasteiger partial charge in [0.05, 0.1) is 5.52 Å². The summed E-state index contributed by atoms with van der Waals surface area (Å²) in [5, 5.41) is 0. The van der Waals surface area contributed by atoms with Gasteiger partial charge in [0.25, 0.3) is 0 Å². The normalized spacial score (nSPS) is 11.1. The van der Waals surface area contributed by atoms with Gasteiger partial charge in [0.1, 0.15) is 0 Å². The van der Waals surface area contributed by atoms with Gasteiger partial charge in [-0.15, -0.1) is 0 Å². The van der Waals surface area contributed by atoms with Crippen molar-refractivity contribution < 1.29 is 0 Å². The van der Waals surface area contributed by atoms with Crippen molar-refractivity contribution in [1.29, 1.82) is 0 Å². The van der Waals surface area contributed by atoms with Crippen LogP contribution >= 0.6 is 0 Å². The summed E-state index contributed by atoms with van der Waals surface area (Å²) < 4.78 is 2.28. The summed E-state index contributed by atoms with van der Waals surface area (Å²) in [6.45, 7) is 8.67. The lowest BCUT2D eigenvalue weighted by Gasteiger charge is -2.04. The Bertz CT molecular complexity index is 463. The van der Waals surface area contributed by atoms with Crippen LogP contribution < -0.4 is 0 Å². The standard InChI is InChI=1S/C12H15N/c1-8-5-6-10(3)13-7-9(2)11(4)12(8)13/h5-7H,1-4H3. The van der Waals surface area contributed by atoms with Gasteiger partial charge in [0.2, 0.25) is 0 Å². The predicted molar refractivity (Wildman–Crippen MR) is 56.3 cm³/mol. The molecule has 1 heteroatoms. The van der Waals surface area contributed by atoms with E-state index in [0.717, 1.165) is 0 Å². The number of pyridine rings is 1. The fourth-order valence-electron chi connectivity index (χ4n) is 1.89. The summed E-state index contributed by atoms with van der Waals surface area (Å²) >= 11 is 0. The Labute approximate surface area is 79.0 Å². The fourth-order valence-corrected chi connectivity index (χ4v) is 1.89. The van der Waals surface area contributed by atoms with Crippen molar-refractivity contribution in [2.75, 3.05) is 0 Å². The molecule has 0 radical (unpaired) electrons. The Hall–Kier alpha value is -1.24. The van der Waals surface area contributed by atoms with E-state index in [2.05, 4.69) is 50.4 Å². The third kappa shape index (κ3) is 1.07. The van der Waals surface area contributed by atoms with Gasteiger partial charge >= 0.3 is 0 Å². The Morgan fingerprint density at radius 3 is 2.23 bits per heavy atom. The van der Waals surface area contributed by atoms with Crippen LogP contribution in [0.1, 0.15) is 22.4 Å². The molecule has 0 bridgehead atoms. The molecule has 0 aromatic carbocycles. The number of hydrogen-bond donors (Lipinski definition) is 0. The second-order valence-electron chi connectivity index (χ2n) is 3.81. The summed E-state index contributed by atoms with van der Waals surface area (Å²) in [6, 6.07) is 4.36. The lowest BCUT2D eigenvalue weighted by Crippen LogP contribution is -1.91. The molecular formula is C12H15N. The topological polar surface area (TPSA) is 4.41 Å². The average Bonchev–Trinajstić information content (AvgIpc) is 2.38. The maximum absolute atomic E-state index is 2.28. The number of rotatable bonds is 0. The van der Waals surface area contributed by atoms with Crippen LogP contribution in [0.4, 0.5) is 0 Å². The maximum atomic E-state index is 2.28. The first-order valence-electron chi connectivity index (χ1n) is 4.65. The van der Waals surface area contributed by atoms with Crippen LogP contribution in [0.5, 0.6) is 0 Å². The maximum Gasteiger partial charge on any atom is 0.0513 e. The van der Waals surface area contributed by atoms with Gasteiger partial charge in [-0.1, -0.05) is 6.07 Å². The van der Waals surface area contributed by atoms with Gasteiger partial charge in [-0.25, -0.2) is 0 Å². The van der Waals surface area contributed by atoms with Crippen LogP contribution in [-0.2, 0) is 0 Å². The highest BCUT2D eigenvalue weighted by Gasteiger charge is 2.06. The molecule has 0 unspecified atom stereocenters. The highest BCUT2D eigenvalue weighted by molar-refractivity contribution is 5.64. The molecule has 2 rings (SSSR count). The largest absolute Gasteiger partial charge is 0.320 e. The van der Waals surface area contributed by atoms with Crippen LogP contribution in [-0.4, -0.2) is 4.40 Å². The van der Waals surface area contributed by atoms with Crippen LogP contribution in [0.25, 0.3) is 5.52 Å². The average molecular weight is 173 g/mol. The van der Waals surface area contributed by atoms with E-state index in [1.165, 1.54) is 27.9 Å². The highest BCUT2D eigenvalue weighted by Crippen LogP contribution is 2.21. The SMILES string of the molecule is Cc1cn2c(C)ccc(C)c2c1C. The number of hydrogen-bond acceptors (Lipinski definition) is 0. The first-order valence-corrected chi connectivity index (χ1v) is 4.65. The summed E-state index contributed by atoms with van der Waals surface area (Å²) in [6.07, 6.45) is 2.22. The van der Waals surface area contributed by atoms with Crippen molar-refractivity contribution in [2.24, 2.45) is 0 Å². The molecule has 0 N–H and O–H groups in total. The molecule has 13 heavy (non-hydrogen) atoms. The van der Waals surface area contributed by atoms with Gasteiger partial charge < -0.3 is 4.40 Å². The third-order valence-electron chi connectivity index (χ3n) is 2.84. The van der Waals surface area contributed by atoms with Crippen molar-refractivity contribution in [3.8, 4) is 0 Å². The summed E-state index contributed by atoms with van der Waals surface area (Å²) in [4.78, 5) is 0. The smallest absolute Gasteiger partial charge is 0.0513 e. The number of aryl methyl sites for hydroxylation is 4. The molecule has 1 nitrogen and oxygen atoms in total. The lowest BCUT2D eigenvalue weighted by atomic mass is 10.1. The van der Waals surface area contributed by atoms with Crippen LogP contribution in [0.2, 0.25) is 0 Å². The van der Waals surface area contributed by atoms with E-state index in [4.69, 9.17) is 0 Å². The van der Waals surface area contributed by atoms with E-state index in [-0.39, 0.29) is 0 Å². The minimum atomic E-state index is 1.30. The van der Waals surface area contributed by atoms with Crippen molar-refractivity contribution in [2.45, 2.75) is 27.7 Å². The van der Waals surface area contributed by atoms with Gasteiger partial charge in [0.15, 0.2) is 0 Å². The minimum absolute atomic E-state index is 1.30. The van der Waals surface area contributed by atoms with E-state index in [0.29, 0.717) is 0 Å². The second kappa shape index (κ2) is 2.63. The van der Waals surface area contributed by atoms with Crippen molar-refractivity contribution in [1.82, 2.24) is 4.40 Å². The molecule has 2 aromatic heterocycles. The van der Waals surface area contributed by atoms with Crippen LogP contribution in [0, 0.1) is 27.7 Å². The summed E-state index contributed by atoms with van der Waals surface area (Å²) in [5.74, 6) is 0. The zero-order valence-electron chi connectivity index (χ0n) is 8.68. The Balaban J connectivity index is 3.00. The molecule has 68 valence electrons. The molecule has 2 aromatic rings. The van der Waals surface area contributed by atoms with Gasteiger partial charge in [-0.3, -0.25) is 0 Å². The van der Waals surface area contributed by atoms with E-state index in [9.17, 15) is 0 Å². The van der Waals surface area contributed by atoms with Crippen molar-refractivity contribution in [3.63, 3.8) is 0 Å². The zero-order chi connectivity index (χ0) is 9.59. The summed E-state index contributed by atoms with van der Waals surface area (Å²) in [7, 11) is 0. The Morgan fingerprint density at radius 1 is 0.923 bits per heavy atom. The molecule has 0 saturated carbocycles. The molecule has 0 fully saturated rings. The molecule has 2 heterocycles.